The summed E-state index contributed by atoms with van der Waals surface area (Å²) in [6.45, 7) is 1.55. The van der Waals surface area contributed by atoms with Crippen LogP contribution >= 0.6 is 0 Å². The van der Waals surface area contributed by atoms with Crippen LogP contribution in [-0.4, -0.2) is 16.7 Å². The molecule has 0 bridgehead atoms. The normalized spacial score (nSPS) is 10.1. The lowest BCUT2D eigenvalue weighted by Crippen LogP contribution is -2.00. The Labute approximate surface area is 95.1 Å². The zero-order valence-corrected chi connectivity index (χ0v) is 9.40. The van der Waals surface area contributed by atoms with Crippen molar-refractivity contribution in [1.82, 2.24) is 0 Å². The minimum Gasteiger partial charge on any atom is -0.507 e. The van der Waals surface area contributed by atoms with Gasteiger partial charge in [0.05, 0.1) is 5.56 Å². The monoisotopic (exact) mass is 220 g/mol. The SMILES string of the molecule is CC(=O)CCCCC(=O)c1ccccc1O. The maximum atomic E-state index is 11.7. The molecule has 3 nitrogen and oxygen atoms in total. The van der Waals surface area contributed by atoms with Crippen LogP contribution < -0.4 is 0 Å². The number of Topliss-reactive ketones (excluding diaryl/α,β-unsaturated/α-hetero) is 2. The summed E-state index contributed by atoms with van der Waals surface area (Å²) in [6.07, 6.45) is 2.32. The molecule has 1 aromatic rings. The summed E-state index contributed by atoms with van der Waals surface area (Å²) in [5.74, 6) is 0.107. The van der Waals surface area contributed by atoms with Crippen molar-refractivity contribution < 1.29 is 14.7 Å². The van der Waals surface area contributed by atoms with Crippen molar-refractivity contribution in [2.45, 2.75) is 32.6 Å². The van der Waals surface area contributed by atoms with Crippen LogP contribution in [0.1, 0.15) is 43.0 Å². The third-order valence-corrected chi connectivity index (χ3v) is 2.39. The summed E-state index contributed by atoms with van der Waals surface area (Å²) in [5.41, 5.74) is 0.366. The summed E-state index contributed by atoms with van der Waals surface area (Å²) in [6, 6.07) is 6.52. The molecule has 0 fully saturated rings. The number of carbonyl (C=O) groups excluding carboxylic acids is 2. The maximum absolute atomic E-state index is 11.7. The molecule has 0 saturated heterocycles. The average Bonchev–Trinajstić information content (AvgIpc) is 2.24. The lowest BCUT2D eigenvalue weighted by atomic mass is 10.0. The van der Waals surface area contributed by atoms with E-state index in [2.05, 4.69) is 0 Å². The summed E-state index contributed by atoms with van der Waals surface area (Å²) >= 11 is 0. The topological polar surface area (TPSA) is 54.4 Å². The lowest BCUT2D eigenvalue weighted by Gasteiger charge is -2.02. The maximum Gasteiger partial charge on any atom is 0.166 e. The van der Waals surface area contributed by atoms with E-state index < -0.39 is 0 Å². The molecule has 0 spiro atoms. The van der Waals surface area contributed by atoms with Gasteiger partial charge in [-0.3, -0.25) is 4.79 Å². The molecule has 0 amide bonds. The van der Waals surface area contributed by atoms with E-state index in [9.17, 15) is 14.7 Å². The van der Waals surface area contributed by atoms with E-state index in [-0.39, 0.29) is 17.3 Å². The van der Waals surface area contributed by atoms with E-state index >= 15 is 0 Å². The number of phenolic OH excluding ortho intramolecular Hbond substituents is 1. The van der Waals surface area contributed by atoms with E-state index in [0.717, 1.165) is 6.42 Å². The molecule has 0 aromatic heterocycles. The summed E-state index contributed by atoms with van der Waals surface area (Å²) in [4.78, 5) is 22.4. The van der Waals surface area contributed by atoms with Crippen LogP contribution in [0.2, 0.25) is 0 Å². The van der Waals surface area contributed by atoms with Crippen molar-refractivity contribution in [3.8, 4) is 5.75 Å². The van der Waals surface area contributed by atoms with E-state index in [1.807, 2.05) is 0 Å². The molecule has 0 aliphatic heterocycles. The smallest absolute Gasteiger partial charge is 0.166 e. The molecule has 1 aromatic carbocycles. The minimum atomic E-state index is -0.0679. The van der Waals surface area contributed by atoms with Crippen molar-refractivity contribution >= 4 is 11.6 Å². The van der Waals surface area contributed by atoms with Crippen LogP contribution in [0.3, 0.4) is 0 Å². The van der Waals surface area contributed by atoms with E-state index in [4.69, 9.17) is 0 Å². The Bertz CT molecular complexity index is 383. The van der Waals surface area contributed by atoms with Crippen LogP contribution in [0.15, 0.2) is 24.3 Å². The van der Waals surface area contributed by atoms with E-state index in [1.165, 1.54) is 6.07 Å². The second-order valence-corrected chi connectivity index (χ2v) is 3.85. The number of para-hydroxylation sites is 1. The molecule has 0 saturated carbocycles. The number of hydrogen-bond acceptors (Lipinski definition) is 3. The molecular formula is C13H16O3. The molecule has 16 heavy (non-hydrogen) atoms. The van der Waals surface area contributed by atoms with Crippen LogP contribution in [-0.2, 0) is 4.79 Å². The van der Waals surface area contributed by atoms with Crippen LogP contribution in [0.4, 0.5) is 0 Å². The predicted octanol–water partition coefficient (Wildman–Crippen LogP) is 2.72. The molecule has 1 rings (SSSR count). The first-order chi connectivity index (χ1) is 7.61. The highest BCUT2D eigenvalue weighted by Crippen LogP contribution is 2.18. The average molecular weight is 220 g/mol. The van der Waals surface area contributed by atoms with Crippen LogP contribution in [0.5, 0.6) is 5.75 Å². The standard InChI is InChI=1S/C13H16O3/c1-10(14)6-2-4-8-12(15)11-7-3-5-9-13(11)16/h3,5,7,9,16H,2,4,6,8H2,1H3. The first kappa shape index (κ1) is 12.4. The Morgan fingerprint density at radius 2 is 1.75 bits per heavy atom. The fourth-order valence-electron chi connectivity index (χ4n) is 1.50. The Morgan fingerprint density at radius 3 is 2.38 bits per heavy atom. The summed E-state index contributed by atoms with van der Waals surface area (Å²) < 4.78 is 0. The van der Waals surface area contributed by atoms with Gasteiger partial charge in [0.2, 0.25) is 0 Å². The van der Waals surface area contributed by atoms with Gasteiger partial charge in [-0.1, -0.05) is 12.1 Å². The van der Waals surface area contributed by atoms with Crippen molar-refractivity contribution in [2.24, 2.45) is 0 Å². The molecular weight excluding hydrogens is 204 g/mol. The van der Waals surface area contributed by atoms with Gasteiger partial charge in [-0.2, -0.15) is 0 Å². The number of phenols is 1. The van der Waals surface area contributed by atoms with Crippen LogP contribution in [0, 0.1) is 0 Å². The van der Waals surface area contributed by atoms with Gasteiger partial charge in [0.25, 0.3) is 0 Å². The number of ketones is 2. The third-order valence-electron chi connectivity index (χ3n) is 2.39. The molecule has 0 aliphatic rings. The van der Waals surface area contributed by atoms with Crippen LogP contribution in [0.25, 0.3) is 0 Å². The highest BCUT2D eigenvalue weighted by atomic mass is 16.3. The van der Waals surface area contributed by atoms with Gasteiger partial charge in [-0.05, 0) is 31.9 Å². The Balaban J connectivity index is 2.41. The van der Waals surface area contributed by atoms with Gasteiger partial charge >= 0.3 is 0 Å². The van der Waals surface area contributed by atoms with Gasteiger partial charge in [-0.15, -0.1) is 0 Å². The second kappa shape index (κ2) is 6.05. The van der Waals surface area contributed by atoms with E-state index in [0.29, 0.717) is 24.8 Å². The number of hydrogen-bond donors (Lipinski definition) is 1. The highest BCUT2D eigenvalue weighted by Gasteiger charge is 2.09. The van der Waals surface area contributed by atoms with E-state index in [1.54, 1.807) is 25.1 Å². The van der Waals surface area contributed by atoms with Gasteiger partial charge in [0.15, 0.2) is 5.78 Å². The number of unbranched alkanes of at least 4 members (excludes halogenated alkanes) is 1. The number of rotatable bonds is 6. The number of aromatic hydroxyl groups is 1. The Hall–Kier alpha value is -1.64. The zero-order chi connectivity index (χ0) is 12.0. The highest BCUT2D eigenvalue weighted by molar-refractivity contribution is 5.98. The minimum absolute atomic E-state index is 0.0269. The summed E-state index contributed by atoms with van der Waals surface area (Å²) in [5, 5.41) is 9.45. The van der Waals surface area contributed by atoms with Crippen molar-refractivity contribution in [1.29, 1.82) is 0 Å². The molecule has 0 unspecified atom stereocenters. The number of benzene rings is 1. The van der Waals surface area contributed by atoms with Gasteiger partial charge in [0.1, 0.15) is 11.5 Å². The molecule has 0 radical (unpaired) electrons. The zero-order valence-electron chi connectivity index (χ0n) is 9.40. The quantitative estimate of drug-likeness (QED) is 0.592. The second-order valence-electron chi connectivity index (χ2n) is 3.85. The largest absolute Gasteiger partial charge is 0.507 e. The summed E-state index contributed by atoms with van der Waals surface area (Å²) in [7, 11) is 0. The van der Waals surface area contributed by atoms with Crippen molar-refractivity contribution in [2.75, 3.05) is 0 Å². The van der Waals surface area contributed by atoms with Crippen molar-refractivity contribution in [3.63, 3.8) is 0 Å². The van der Waals surface area contributed by atoms with Gasteiger partial charge in [0, 0.05) is 12.8 Å². The molecule has 0 heterocycles. The molecule has 1 N–H and O–H groups in total. The molecule has 3 heteroatoms. The van der Waals surface area contributed by atoms with Gasteiger partial charge < -0.3 is 9.90 Å². The molecule has 86 valence electrons. The fraction of sp³-hybridized carbons (Fsp3) is 0.385. The molecule has 0 atom stereocenters. The Morgan fingerprint density at radius 1 is 1.12 bits per heavy atom. The van der Waals surface area contributed by atoms with Gasteiger partial charge in [-0.25, -0.2) is 0 Å². The number of carbonyl (C=O) groups is 2. The van der Waals surface area contributed by atoms with Crippen molar-refractivity contribution in [3.05, 3.63) is 29.8 Å². The lowest BCUT2D eigenvalue weighted by molar-refractivity contribution is -0.117. The third kappa shape index (κ3) is 3.85. The fourth-order valence-corrected chi connectivity index (χ4v) is 1.50. The predicted molar refractivity (Wildman–Crippen MR) is 61.6 cm³/mol. The Kier molecular flexibility index (Phi) is 4.70. The molecule has 0 aliphatic carbocycles. The first-order valence-electron chi connectivity index (χ1n) is 5.42. The first-order valence-corrected chi connectivity index (χ1v) is 5.42.